The van der Waals surface area contributed by atoms with Gasteiger partial charge in [0.25, 0.3) is 0 Å². The zero-order valence-corrected chi connectivity index (χ0v) is 34.9. The lowest BCUT2D eigenvalue weighted by Crippen LogP contribution is -3.09. The number of carbonyl (C=O) groups is 6. The van der Waals surface area contributed by atoms with E-state index < -0.39 is 23.9 Å². The highest BCUT2D eigenvalue weighted by molar-refractivity contribution is 7.12. The minimum Gasteiger partial charge on any atom is -0.545 e. The number of ketones is 2. The van der Waals surface area contributed by atoms with Crippen LogP contribution in [0.3, 0.4) is 0 Å². The number of thiophene rings is 2. The lowest BCUT2D eigenvalue weighted by atomic mass is 9.88. The van der Waals surface area contributed by atoms with Crippen LogP contribution < -0.4 is 20.0 Å². The lowest BCUT2D eigenvalue weighted by Gasteiger charge is -2.24. The first-order valence-corrected chi connectivity index (χ1v) is 21.2. The van der Waals surface area contributed by atoms with E-state index in [4.69, 9.17) is 10.2 Å². The number of nitrogens with one attached hydrogen (secondary N) is 2. The summed E-state index contributed by atoms with van der Waals surface area (Å²) >= 11 is 3.19. The topological polar surface area (TPSA) is 198 Å². The van der Waals surface area contributed by atoms with Crippen LogP contribution >= 0.6 is 22.7 Å². The smallest absolute Gasteiger partial charge is 0.328 e. The van der Waals surface area contributed by atoms with Gasteiger partial charge in [0.1, 0.15) is 0 Å². The second-order valence-electron chi connectivity index (χ2n) is 14.7. The minimum absolute atomic E-state index is 0.270. The van der Waals surface area contributed by atoms with Crippen LogP contribution in [0.5, 0.6) is 0 Å². The van der Waals surface area contributed by atoms with Crippen LogP contribution in [0.2, 0.25) is 0 Å². The normalized spacial score (nSPS) is 18.2. The summed E-state index contributed by atoms with van der Waals surface area (Å²) in [5.41, 5.74) is 13.1. The van der Waals surface area contributed by atoms with Gasteiger partial charge in [0.05, 0.1) is 62.0 Å². The zero-order chi connectivity index (χ0) is 43.3. The van der Waals surface area contributed by atoms with Crippen LogP contribution in [0.1, 0.15) is 78.4 Å². The van der Waals surface area contributed by atoms with Crippen molar-refractivity contribution in [3.8, 4) is 0 Å². The van der Waals surface area contributed by atoms with E-state index in [1.807, 2.05) is 12.1 Å². The van der Waals surface area contributed by atoms with Gasteiger partial charge in [-0.2, -0.15) is 0 Å². The summed E-state index contributed by atoms with van der Waals surface area (Å²) in [4.78, 5) is 68.2. The molecule has 0 unspecified atom stereocenters. The molecule has 2 fully saturated rings. The second kappa shape index (κ2) is 21.3. The van der Waals surface area contributed by atoms with Crippen LogP contribution in [0.15, 0.2) is 107 Å². The van der Waals surface area contributed by atoms with Gasteiger partial charge >= 0.3 is 11.9 Å². The number of rotatable bonds is 4. The van der Waals surface area contributed by atoms with Crippen molar-refractivity contribution < 1.29 is 59.0 Å². The molecule has 2 saturated heterocycles. The second-order valence-corrected chi connectivity index (χ2v) is 16.5. The summed E-state index contributed by atoms with van der Waals surface area (Å²) < 4.78 is 0. The molecule has 14 heteroatoms. The number of fused-ring (bicyclic) bond motifs is 4. The summed E-state index contributed by atoms with van der Waals surface area (Å²) in [6.07, 6.45) is 7.50. The standard InChI is InChI=1S/2C19H19NOS.2C4H4O4/c2*1-20-9-6-13(7-10-20)18-15-5-3-2-4-14(15)12-17(21)19-16(18)8-11-22-19;2*5-3(6)1-2-4(7)8/h2*2-5,8,11H,6-7,9-10,12H2,1H3;2*1-2H,(H,5,6)(H,7,8)/b;;2*2-1+. The number of carboxylic acid groups (broad SMARTS) is 4. The summed E-state index contributed by atoms with van der Waals surface area (Å²) in [5, 5.41) is 38.6. The van der Waals surface area contributed by atoms with E-state index in [1.165, 1.54) is 81.9 Å². The number of hydrogen-bond acceptors (Lipinski definition) is 10. The van der Waals surface area contributed by atoms with Crippen molar-refractivity contribution in [3.05, 3.63) is 150 Å². The number of carbonyl (C=O) groups excluding carboxylic acids is 4. The van der Waals surface area contributed by atoms with Crippen LogP contribution in [-0.4, -0.2) is 85.9 Å². The van der Waals surface area contributed by atoms with E-state index in [-0.39, 0.29) is 11.6 Å². The Kier molecular flexibility index (Phi) is 16.0. The number of aliphatic carboxylic acids is 4. The monoisotopic (exact) mass is 850 g/mol. The summed E-state index contributed by atoms with van der Waals surface area (Å²) in [7, 11) is 4.53. The number of piperidine rings is 2. The van der Waals surface area contributed by atoms with Crippen molar-refractivity contribution in [1.29, 1.82) is 0 Å². The van der Waals surface area contributed by atoms with Gasteiger partial charge in [0.15, 0.2) is 11.6 Å². The first-order chi connectivity index (χ1) is 28.7. The minimum atomic E-state index is -1.51. The number of benzene rings is 2. The van der Waals surface area contributed by atoms with E-state index in [9.17, 15) is 39.0 Å². The Morgan fingerprint density at radius 3 is 1.22 bits per heavy atom. The van der Waals surface area contributed by atoms with E-state index in [1.54, 1.807) is 32.5 Å². The number of likely N-dealkylation sites (tertiary alicyclic amines) is 2. The molecule has 312 valence electrons. The number of Topliss-reactive ketones (excluding diaryl/α,β-unsaturated/α-hetero) is 2. The molecule has 2 aliphatic heterocycles. The molecular weight excluding hydrogens is 805 g/mol. The Hall–Kier alpha value is -6.06. The average Bonchev–Trinajstić information content (AvgIpc) is 3.87. The number of carboxylic acids is 4. The van der Waals surface area contributed by atoms with Gasteiger partial charge < -0.3 is 39.8 Å². The lowest BCUT2D eigenvalue weighted by molar-refractivity contribution is -0.882. The van der Waals surface area contributed by atoms with Gasteiger partial charge in [-0.1, -0.05) is 59.7 Å². The highest BCUT2D eigenvalue weighted by Gasteiger charge is 2.29. The van der Waals surface area contributed by atoms with Gasteiger partial charge in [-0.3, -0.25) is 9.59 Å². The quantitative estimate of drug-likeness (QED) is 0.220. The maximum atomic E-state index is 12.6. The third-order valence-corrected chi connectivity index (χ3v) is 12.4. The molecule has 4 aromatic rings. The number of quaternary nitrogens is 2. The van der Waals surface area contributed by atoms with E-state index in [0.29, 0.717) is 37.1 Å². The molecular formula is C46H46N2O10S2. The molecule has 2 aromatic heterocycles. The Balaban J connectivity index is 0.000000169. The van der Waals surface area contributed by atoms with Gasteiger partial charge in [-0.15, -0.1) is 22.7 Å². The maximum Gasteiger partial charge on any atom is 0.328 e. The molecule has 12 nitrogen and oxygen atoms in total. The van der Waals surface area contributed by atoms with Crippen LogP contribution in [-0.2, 0) is 32.0 Å². The first-order valence-electron chi connectivity index (χ1n) is 19.4. The summed E-state index contributed by atoms with van der Waals surface area (Å²) in [6, 6.07) is 21.2. The van der Waals surface area contributed by atoms with Crippen molar-refractivity contribution in [2.24, 2.45) is 0 Å². The number of hydrogen-bond donors (Lipinski definition) is 4. The molecule has 0 spiro atoms. The summed E-state index contributed by atoms with van der Waals surface area (Å²) in [6.45, 7) is 4.76. The van der Waals surface area contributed by atoms with Crippen molar-refractivity contribution in [2.45, 2.75) is 38.5 Å². The van der Waals surface area contributed by atoms with Gasteiger partial charge in [0.2, 0.25) is 0 Å². The van der Waals surface area contributed by atoms with Crippen molar-refractivity contribution in [2.75, 3.05) is 40.3 Å². The molecule has 2 aromatic carbocycles. The molecule has 0 bridgehead atoms. The Morgan fingerprint density at radius 1 is 0.550 bits per heavy atom. The van der Waals surface area contributed by atoms with Gasteiger partial charge in [-0.05, 0) is 68.4 Å². The third-order valence-electron chi connectivity index (χ3n) is 10.5. The van der Waals surface area contributed by atoms with Gasteiger partial charge in [-0.25, -0.2) is 9.59 Å². The fourth-order valence-corrected chi connectivity index (χ4v) is 9.26. The first kappa shape index (κ1) is 45.0. The largest absolute Gasteiger partial charge is 0.545 e. The molecule has 0 radical (unpaired) electrons. The van der Waals surface area contributed by atoms with Gasteiger partial charge in [0, 0.05) is 61.8 Å². The Morgan fingerprint density at radius 2 is 0.900 bits per heavy atom. The van der Waals surface area contributed by atoms with Crippen LogP contribution in [0, 0.1) is 0 Å². The molecule has 2 aliphatic carbocycles. The molecule has 8 rings (SSSR count). The molecule has 0 atom stereocenters. The molecule has 0 amide bonds. The molecule has 4 N–H and O–H groups in total. The fourth-order valence-electron chi connectivity index (χ4n) is 7.58. The van der Waals surface area contributed by atoms with Crippen LogP contribution in [0.25, 0.3) is 11.1 Å². The molecule has 4 aliphatic rings. The Bertz CT molecular complexity index is 2180. The van der Waals surface area contributed by atoms with E-state index in [2.05, 4.69) is 73.4 Å². The average molecular weight is 851 g/mol. The van der Waals surface area contributed by atoms with Crippen molar-refractivity contribution in [1.82, 2.24) is 0 Å². The van der Waals surface area contributed by atoms with E-state index >= 15 is 0 Å². The highest BCUT2D eigenvalue weighted by atomic mass is 32.1. The third kappa shape index (κ3) is 12.0. The molecule has 0 saturated carbocycles. The Labute approximate surface area is 355 Å². The van der Waals surface area contributed by atoms with Crippen molar-refractivity contribution in [3.63, 3.8) is 0 Å². The fraction of sp³-hybridized carbons (Fsp3) is 0.261. The van der Waals surface area contributed by atoms with Crippen LogP contribution in [0.4, 0.5) is 0 Å². The molecule has 60 heavy (non-hydrogen) atoms. The van der Waals surface area contributed by atoms with Crippen molar-refractivity contribution >= 4 is 69.3 Å². The maximum absolute atomic E-state index is 12.6. The SMILES string of the molecule is C[NH+]1CCC(=C2c3ccccc3CC(=O)c3sccc32)CC1.C[NH+]1CCC(=C2c3ccccc3CC(=O)c3sccc32)CC1.O=C([O-])/C=C/C(=O)O.O=C([O-])/C=C/C(=O)O. The highest BCUT2D eigenvalue weighted by Crippen LogP contribution is 2.41. The van der Waals surface area contributed by atoms with E-state index in [0.717, 1.165) is 35.4 Å². The molecule has 4 heterocycles. The zero-order valence-electron chi connectivity index (χ0n) is 33.3. The predicted octanol–water partition coefficient (Wildman–Crippen LogP) is 1.95. The summed E-state index contributed by atoms with van der Waals surface area (Å²) in [5.74, 6) is -5.07. The predicted molar refractivity (Wildman–Crippen MR) is 225 cm³/mol.